The molecule has 2 aliphatic rings. The van der Waals surface area contributed by atoms with Crippen LogP contribution in [0.15, 0.2) is 24.4 Å². The van der Waals surface area contributed by atoms with Gasteiger partial charge in [-0.1, -0.05) is 25.1 Å². The normalized spacial score (nSPS) is 29.3. The minimum Gasteiger partial charge on any atom is -0.361 e. The van der Waals surface area contributed by atoms with Gasteiger partial charge in [-0.15, -0.1) is 0 Å². The number of nitrogens with zero attached hydrogens (tertiary/aromatic N) is 1. The van der Waals surface area contributed by atoms with Gasteiger partial charge in [0.25, 0.3) is 0 Å². The molecule has 3 heterocycles. The number of rotatable bonds is 3. The number of benzene rings is 1. The van der Waals surface area contributed by atoms with Crippen LogP contribution in [-0.4, -0.2) is 28.0 Å². The first kappa shape index (κ1) is 13.4. The molecule has 0 spiro atoms. The summed E-state index contributed by atoms with van der Waals surface area (Å²) < 4.78 is 0. The molecular weight excluding hydrogens is 258 g/mol. The average molecular weight is 283 g/mol. The van der Waals surface area contributed by atoms with Crippen LogP contribution in [0.4, 0.5) is 0 Å². The molecule has 4 rings (SSSR count). The lowest BCUT2D eigenvalue weighted by Crippen LogP contribution is -2.46. The minimum atomic E-state index is 0.424. The van der Waals surface area contributed by atoms with E-state index in [0.717, 1.165) is 13.0 Å². The van der Waals surface area contributed by atoms with Crippen molar-refractivity contribution in [2.24, 2.45) is 5.73 Å². The third-order valence-corrected chi connectivity index (χ3v) is 5.54. The second kappa shape index (κ2) is 5.15. The molecule has 1 aromatic carbocycles. The number of aromatic amines is 1. The van der Waals surface area contributed by atoms with Gasteiger partial charge in [0.15, 0.2) is 0 Å². The zero-order valence-electron chi connectivity index (χ0n) is 12.8. The van der Waals surface area contributed by atoms with Crippen molar-refractivity contribution in [1.82, 2.24) is 9.88 Å². The summed E-state index contributed by atoms with van der Waals surface area (Å²) in [4.78, 5) is 6.22. The summed E-state index contributed by atoms with van der Waals surface area (Å²) in [7, 11) is 0. The fourth-order valence-electron chi connectivity index (χ4n) is 4.47. The van der Waals surface area contributed by atoms with E-state index in [1.54, 1.807) is 0 Å². The number of nitrogens with two attached hydrogens (primary N) is 1. The average Bonchev–Trinajstić information content (AvgIpc) is 2.99. The number of aromatic nitrogens is 1. The fraction of sp³-hybridized carbons (Fsp3) is 0.556. The predicted molar refractivity (Wildman–Crippen MR) is 87.2 cm³/mol. The molecule has 3 nitrogen and oxygen atoms in total. The Morgan fingerprint density at radius 1 is 1.19 bits per heavy atom. The fourth-order valence-corrected chi connectivity index (χ4v) is 4.47. The Morgan fingerprint density at radius 2 is 1.95 bits per heavy atom. The maximum Gasteiger partial charge on any atom is 0.0489 e. The van der Waals surface area contributed by atoms with Crippen LogP contribution in [0.5, 0.6) is 0 Å². The SMILES string of the molecule is CCc1cccc2c(CN3C4CCC3CC(N)C4)c[nH]c12. The zero-order chi connectivity index (χ0) is 14.4. The minimum absolute atomic E-state index is 0.424. The van der Waals surface area contributed by atoms with Crippen molar-refractivity contribution >= 4 is 10.9 Å². The summed E-state index contributed by atoms with van der Waals surface area (Å²) in [5.41, 5.74) is 10.4. The van der Waals surface area contributed by atoms with Gasteiger partial charge in [0.05, 0.1) is 0 Å². The Labute approximate surface area is 126 Å². The topological polar surface area (TPSA) is 45.0 Å². The van der Waals surface area contributed by atoms with Crippen LogP contribution in [0.2, 0.25) is 0 Å². The molecule has 112 valence electrons. The molecule has 21 heavy (non-hydrogen) atoms. The van der Waals surface area contributed by atoms with Gasteiger partial charge in [-0.3, -0.25) is 4.90 Å². The van der Waals surface area contributed by atoms with E-state index in [1.165, 1.54) is 47.7 Å². The zero-order valence-corrected chi connectivity index (χ0v) is 12.8. The molecule has 2 unspecified atom stereocenters. The quantitative estimate of drug-likeness (QED) is 0.908. The van der Waals surface area contributed by atoms with Crippen LogP contribution < -0.4 is 5.73 Å². The van der Waals surface area contributed by atoms with E-state index in [0.29, 0.717) is 18.1 Å². The molecule has 2 fully saturated rings. The summed E-state index contributed by atoms with van der Waals surface area (Å²) in [6.07, 6.45) is 8.33. The Balaban J connectivity index is 1.63. The maximum absolute atomic E-state index is 6.19. The Morgan fingerprint density at radius 3 is 2.67 bits per heavy atom. The van der Waals surface area contributed by atoms with E-state index >= 15 is 0 Å². The van der Waals surface area contributed by atoms with E-state index in [-0.39, 0.29) is 0 Å². The van der Waals surface area contributed by atoms with Crippen molar-refractivity contribution in [2.75, 3.05) is 0 Å². The van der Waals surface area contributed by atoms with Crippen molar-refractivity contribution in [3.05, 3.63) is 35.5 Å². The lowest BCUT2D eigenvalue weighted by molar-refractivity contribution is 0.120. The number of piperidine rings is 1. The van der Waals surface area contributed by atoms with E-state index in [9.17, 15) is 0 Å². The van der Waals surface area contributed by atoms with E-state index < -0.39 is 0 Å². The Hall–Kier alpha value is -1.32. The number of fused-ring (bicyclic) bond motifs is 3. The third kappa shape index (κ3) is 2.19. The van der Waals surface area contributed by atoms with Crippen LogP contribution in [0, 0.1) is 0 Å². The standard InChI is InChI=1S/C18H25N3/c1-2-12-4-3-5-17-13(10-20-18(12)17)11-21-15-6-7-16(21)9-14(19)8-15/h3-5,10,14-16,20H,2,6-9,11,19H2,1H3. The number of H-pyrrole nitrogens is 1. The first-order chi connectivity index (χ1) is 10.3. The van der Waals surface area contributed by atoms with Gasteiger partial charge >= 0.3 is 0 Å². The number of aryl methyl sites for hydroxylation is 1. The van der Waals surface area contributed by atoms with Crippen LogP contribution in [0.3, 0.4) is 0 Å². The molecule has 2 saturated heterocycles. The Bertz CT molecular complexity index is 631. The number of para-hydroxylation sites is 1. The largest absolute Gasteiger partial charge is 0.361 e. The first-order valence-electron chi connectivity index (χ1n) is 8.35. The van der Waals surface area contributed by atoms with Gasteiger partial charge in [-0.05, 0) is 43.2 Å². The van der Waals surface area contributed by atoms with Crippen LogP contribution in [-0.2, 0) is 13.0 Å². The molecule has 2 aliphatic heterocycles. The molecule has 3 N–H and O–H groups in total. The van der Waals surface area contributed by atoms with Crippen molar-refractivity contribution in [2.45, 2.75) is 63.7 Å². The molecule has 0 radical (unpaired) electrons. The second-order valence-corrected chi connectivity index (χ2v) is 6.80. The van der Waals surface area contributed by atoms with Gasteiger partial charge in [0, 0.05) is 41.8 Å². The van der Waals surface area contributed by atoms with Crippen molar-refractivity contribution in [3.63, 3.8) is 0 Å². The Kier molecular flexibility index (Phi) is 3.27. The van der Waals surface area contributed by atoms with Crippen LogP contribution >= 0.6 is 0 Å². The van der Waals surface area contributed by atoms with Crippen molar-refractivity contribution in [3.8, 4) is 0 Å². The van der Waals surface area contributed by atoms with Crippen LogP contribution in [0.1, 0.15) is 43.7 Å². The monoisotopic (exact) mass is 283 g/mol. The van der Waals surface area contributed by atoms with Gasteiger partial charge in [0.2, 0.25) is 0 Å². The predicted octanol–water partition coefficient (Wildman–Crippen LogP) is 3.18. The highest BCUT2D eigenvalue weighted by Crippen LogP contribution is 2.37. The van der Waals surface area contributed by atoms with E-state index in [2.05, 4.69) is 41.2 Å². The smallest absolute Gasteiger partial charge is 0.0489 e. The lowest BCUT2D eigenvalue weighted by atomic mass is 9.97. The molecule has 2 aromatic rings. The van der Waals surface area contributed by atoms with Crippen molar-refractivity contribution in [1.29, 1.82) is 0 Å². The molecule has 0 saturated carbocycles. The maximum atomic E-state index is 6.19. The highest BCUT2D eigenvalue weighted by Gasteiger charge is 2.39. The summed E-state index contributed by atoms with van der Waals surface area (Å²) in [6, 6.07) is 8.52. The number of hydrogen-bond donors (Lipinski definition) is 2. The van der Waals surface area contributed by atoms with Crippen LogP contribution in [0.25, 0.3) is 10.9 Å². The van der Waals surface area contributed by atoms with Gasteiger partial charge in [0.1, 0.15) is 0 Å². The summed E-state index contributed by atoms with van der Waals surface area (Å²) in [6.45, 7) is 3.30. The molecule has 0 aliphatic carbocycles. The lowest BCUT2D eigenvalue weighted by Gasteiger charge is -2.37. The molecule has 2 bridgehead atoms. The van der Waals surface area contributed by atoms with Gasteiger partial charge in [-0.2, -0.15) is 0 Å². The molecule has 1 aromatic heterocycles. The van der Waals surface area contributed by atoms with Gasteiger partial charge in [-0.25, -0.2) is 0 Å². The third-order valence-electron chi connectivity index (χ3n) is 5.54. The highest BCUT2D eigenvalue weighted by molar-refractivity contribution is 5.86. The summed E-state index contributed by atoms with van der Waals surface area (Å²) in [5.74, 6) is 0. The second-order valence-electron chi connectivity index (χ2n) is 6.80. The number of nitrogens with one attached hydrogen (secondary N) is 1. The highest BCUT2D eigenvalue weighted by atomic mass is 15.2. The summed E-state index contributed by atoms with van der Waals surface area (Å²) >= 11 is 0. The molecular formula is C18H25N3. The van der Waals surface area contributed by atoms with Gasteiger partial charge < -0.3 is 10.7 Å². The first-order valence-corrected chi connectivity index (χ1v) is 8.35. The van der Waals surface area contributed by atoms with Crippen molar-refractivity contribution < 1.29 is 0 Å². The number of hydrogen-bond acceptors (Lipinski definition) is 2. The van der Waals surface area contributed by atoms with E-state index in [4.69, 9.17) is 5.73 Å². The van der Waals surface area contributed by atoms with E-state index in [1.807, 2.05) is 0 Å². The molecule has 0 amide bonds. The molecule has 3 heteroatoms. The molecule has 2 atom stereocenters. The summed E-state index contributed by atoms with van der Waals surface area (Å²) in [5, 5.41) is 1.41.